The van der Waals surface area contributed by atoms with E-state index in [-0.39, 0.29) is 34.1 Å². The summed E-state index contributed by atoms with van der Waals surface area (Å²) in [5.41, 5.74) is 1.11. The maximum atomic E-state index is 13.6. The van der Waals surface area contributed by atoms with E-state index >= 15 is 0 Å². The molecule has 2 aromatic rings. The lowest BCUT2D eigenvalue weighted by Gasteiger charge is -2.33. The monoisotopic (exact) mass is 541 g/mol. The van der Waals surface area contributed by atoms with Crippen LogP contribution in [0.3, 0.4) is 0 Å². The van der Waals surface area contributed by atoms with Gasteiger partial charge in [0.15, 0.2) is 0 Å². The molecule has 0 bridgehead atoms. The number of hydrogen-bond acceptors (Lipinski definition) is 4. The minimum absolute atomic E-state index is 0.0324. The van der Waals surface area contributed by atoms with Crippen LogP contribution in [0, 0.1) is 5.92 Å². The van der Waals surface area contributed by atoms with E-state index in [0.29, 0.717) is 19.4 Å². The van der Waals surface area contributed by atoms with Crippen LogP contribution in [0.4, 0.5) is 5.69 Å². The minimum atomic E-state index is -3.88. The van der Waals surface area contributed by atoms with Gasteiger partial charge in [0.25, 0.3) is 0 Å². The number of anilines is 1. The van der Waals surface area contributed by atoms with Gasteiger partial charge in [-0.2, -0.15) is 0 Å². The van der Waals surface area contributed by atoms with E-state index in [9.17, 15) is 18.0 Å². The molecule has 0 saturated carbocycles. The Labute approximate surface area is 218 Å². The highest BCUT2D eigenvalue weighted by molar-refractivity contribution is 7.92. The fraction of sp³-hybridized carbons (Fsp3) is 0.440. The first-order chi connectivity index (χ1) is 16.5. The van der Waals surface area contributed by atoms with Crippen molar-refractivity contribution >= 4 is 50.7 Å². The van der Waals surface area contributed by atoms with Crippen LogP contribution in [0.25, 0.3) is 0 Å². The number of hydrogen-bond donors (Lipinski definition) is 1. The third kappa shape index (κ3) is 8.40. The molecule has 10 heteroatoms. The average Bonchev–Trinajstić information content (AvgIpc) is 2.80. The average molecular weight is 543 g/mol. The molecule has 0 heterocycles. The second kappa shape index (κ2) is 13.1. The fourth-order valence-electron chi connectivity index (χ4n) is 3.60. The third-order valence-electron chi connectivity index (χ3n) is 5.43. The van der Waals surface area contributed by atoms with Crippen molar-refractivity contribution in [1.29, 1.82) is 0 Å². The van der Waals surface area contributed by atoms with Crippen LogP contribution in [-0.2, 0) is 26.0 Å². The summed E-state index contributed by atoms with van der Waals surface area (Å²) >= 11 is 12.4. The van der Waals surface area contributed by atoms with Gasteiger partial charge in [0.2, 0.25) is 21.8 Å². The third-order valence-corrected chi connectivity index (χ3v) is 7.37. The van der Waals surface area contributed by atoms with Crippen LogP contribution in [0.5, 0.6) is 0 Å². The molecule has 1 N–H and O–H groups in total. The first kappa shape index (κ1) is 28.9. The molecule has 0 radical (unpaired) electrons. The SMILES string of the molecule is CC[C@@H](C(=O)NCC(C)C)N(CCc1ccccc1)C(=O)CN(c1cccc(Cl)c1Cl)S(C)(=O)=O. The highest BCUT2D eigenvalue weighted by Gasteiger charge is 2.32. The molecule has 35 heavy (non-hydrogen) atoms. The van der Waals surface area contributed by atoms with Gasteiger partial charge in [-0.1, -0.05) is 80.4 Å². The normalized spacial score (nSPS) is 12.3. The number of nitrogens with one attached hydrogen (secondary N) is 1. The van der Waals surface area contributed by atoms with E-state index in [1.807, 2.05) is 51.1 Å². The minimum Gasteiger partial charge on any atom is -0.354 e. The molecular weight excluding hydrogens is 509 g/mol. The largest absolute Gasteiger partial charge is 0.354 e. The molecule has 1 atom stereocenters. The molecule has 7 nitrogen and oxygen atoms in total. The Bertz CT molecular complexity index is 1110. The summed E-state index contributed by atoms with van der Waals surface area (Å²) in [6.07, 6.45) is 1.89. The van der Waals surface area contributed by atoms with Gasteiger partial charge in [0.05, 0.1) is 22.0 Å². The van der Waals surface area contributed by atoms with Crippen molar-refractivity contribution in [2.24, 2.45) is 5.92 Å². The Balaban J connectivity index is 2.39. The maximum absolute atomic E-state index is 13.6. The summed E-state index contributed by atoms with van der Waals surface area (Å²) in [6, 6.07) is 13.4. The number of benzene rings is 2. The molecule has 0 spiro atoms. The lowest BCUT2D eigenvalue weighted by atomic mass is 10.1. The molecule has 0 aliphatic heterocycles. The van der Waals surface area contributed by atoms with E-state index < -0.39 is 28.5 Å². The zero-order valence-corrected chi connectivity index (χ0v) is 22.8. The smallest absolute Gasteiger partial charge is 0.244 e. The summed E-state index contributed by atoms with van der Waals surface area (Å²) in [5.74, 6) is -0.529. The van der Waals surface area contributed by atoms with Gasteiger partial charge in [0, 0.05) is 13.1 Å². The molecule has 0 aromatic heterocycles. The summed E-state index contributed by atoms with van der Waals surface area (Å²) < 4.78 is 26.2. The van der Waals surface area contributed by atoms with Crippen LogP contribution in [0.1, 0.15) is 32.8 Å². The molecule has 0 saturated heterocycles. The maximum Gasteiger partial charge on any atom is 0.244 e. The second-order valence-corrected chi connectivity index (χ2v) is 11.4. The Morgan fingerprint density at radius 1 is 1.03 bits per heavy atom. The van der Waals surface area contributed by atoms with Gasteiger partial charge in [-0.3, -0.25) is 13.9 Å². The van der Waals surface area contributed by atoms with Crippen LogP contribution in [0.2, 0.25) is 10.0 Å². The summed E-state index contributed by atoms with van der Waals surface area (Å²) in [5, 5.41) is 3.10. The molecule has 192 valence electrons. The predicted octanol–water partition coefficient (Wildman–Crippen LogP) is 4.38. The molecule has 0 fully saturated rings. The second-order valence-electron chi connectivity index (χ2n) is 8.73. The van der Waals surface area contributed by atoms with Gasteiger partial charge in [-0.25, -0.2) is 8.42 Å². The molecule has 0 unspecified atom stereocenters. The lowest BCUT2D eigenvalue weighted by molar-refractivity contribution is -0.139. The number of sulfonamides is 1. The number of halogens is 2. The van der Waals surface area contributed by atoms with E-state index in [1.54, 1.807) is 6.07 Å². The Hall–Kier alpha value is -2.29. The van der Waals surface area contributed by atoms with E-state index in [0.717, 1.165) is 16.1 Å². The number of nitrogens with zero attached hydrogens (tertiary/aromatic N) is 2. The topological polar surface area (TPSA) is 86.8 Å². The van der Waals surface area contributed by atoms with Crippen molar-refractivity contribution in [3.05, 3.63) is 64.1 Å². The van der Waals surface area contributed by atoms with Gasteiger partial charge < -0.3 is 10.2 Å². The van der Waals surface area contributed by atoms with Crippen LogP contribution < -0.4 is 9.62 Å². The highest BCUT2D eigenvalue weighted by atomic mass is 35.5. The molecule has 0 aliphatic rings. The Kier molecular flexibility index (Phi) is 10.9. The highest BCUT2D eigenvalue weighted by Crippen LogP contribution is 2.33. The van der Waals surface area contributed by atoms with Gasteiger partial charge in [-0.05, 0) is 36.5 Å². The van der Waals surface area contributed by atoms with Crippen molar-refractivity contribution in [1.82, 2.24) is 10.2 Å². The van der Waals surface area contributed by atoms with Gasteiger partial charge >= 0.3 is 0 Å². The number of rotatable bonds is 12. The molecular formula is C25H33Cl2N3O4S. The molecule has 2 rings (SSSR count). The van der Waals surface area contributed by atoms with Crippen LogP contribution in [0.15, 0.2) is 48.5 Å². The quantitative estimate of drug-likeness (QED) is 0.431. The number of carbonyl (C=O) groups is 2. The number of carbonyl (C=O) groups excluding carboxylic acids is 2. The standard InChI is InChI=1S/C25H33Cl2N3O4S/c1-5-21(25(32)28-16-18(2)3)29(15-14-19-10-7-6-8-11-19)23(31)17-30(35(4,33)34)22-13-9-12-20(26)24(22)27/h6-13,18,21H,5,14-17H2,1-4H3,(H,28,32)/t21-/m0/s1. The van der Waals surface area contributed by atoms with Gasteiger partial charge in [0.1, 0.15) is 12.6 Å². The van der Waals surface area contributed by atoms with E-state index in [2.05, 4.69) is 5.32 Å². The number of amides is 2. The van der Waals surface area contributed by atoms with Crippen LogP contribution in [-0.4, -0.2) is 57.1 Å². The molecule has 2 amide bonds. The molecule has 0 aliphatic carbocycles. The van der Waals surface area contributed by atoms with Crippen LogP contribution >= 0.6 is 23.2 Å². The zero-order valence-electron chi connectivity index (χ0n) is 20.5. The Morgan fingerprint density at radius 3 is 2.26 bits per heavy atom. The first-order valence-corrected chi connectivity index (χ1v) is 14.1. The van der Waals surface area contributed by atoms with Crippen molar-refractivity contribution in [3.8, 4) is 0 Å². The summed E-state index contributed by atoms with van der Waals surface area (Å²) in [6.45, 7) is 6.00. The zero-order chi connectivity index (χ0) is 26.2. The van der Waals surface area contributed by atoms with E-state index in [1.165, 1.54) is 17.0 Å². The van der Waals surface area contributed by atoms with Crippen molar-refractivity contribution in [3.63, 3.8) is 0 Å². The van der Waals surface area contributed by atoms with Crippen molar-refractivity contribution in [2.45, 2.75) is 39.7 Å². The molecule has 2 aromatic carbocycles. The van der Waals surface area contributed by atoms with E-state index in [4.69, 9.17) is 23.2 Å². The predicted molar refractivity (Wildman–Crippen MR) is 142 cm³/mol. The Morgan fingerprint density at radius 2 is 1.69 bits per heavy atom. The fourth-order valence-corrected chi connectivity index (χ4v) is 4.90. The lowest BCUT2D eigenvalue weighted by Crippen LogP contribution is -2.53. The summed E-state index contributed by atoms with van der Waals surface area (Å²) in [4.78, 5) is 28.1. The first-order valence-electron chi connectivity index (χ1n) is 11.5. The van der Waals surface area contributed by atoms with Crippen molar-refractivity contribution in [2.75, 3.05) is 30.2 Å². The summed E-state index contributed by atoms with van der Waals surface area (Å²) in [7, 11) is -3.88. The van der Waals surface area contributed by atoms with Crippen molar-refractivity contribution < 1.29 is 18.0 Å². The van der Waals surface area contributed by atoms with Gasteiger partial charge in [-0.15, -0.1) is 0 Å².